The van der Waals surface area contributed by atoms with Crippen molar-refractivity contribution >= 4 is 25.8 Å². The zero-order valence-corrected chi connectivity index (χ0v) is 16.5. The molecule has 0 aliphatic carbocycles. The molecule has 6 heteroatoms. The molecule has 0 amide bonds. The van der Waals surface area contributed by atoms with Gasteiger partial charge >= 0.3 is 0 Å². The van der Waals surface area contributed by atoms with Crippen molar-refractivity contribution in [2.45, 2.75) is 43.2 Å². The third kappa shape index (κ3) is 5.28. The van der Waals surface area contributed by atoms with E-state index in [9.17, 15) is 8.42 Å². The molecule has 0 spiro atoms. The van der Waals surface area contributed by atoms with Gasteiger partial charge in [-0.25, -0.2) is 8.42 Å². The van der Waals surface area contributed by atoms with E-state index in [1.54, 1.807) is 24.3 Å². The fourth-order valence-corrected chi connectivity index (χ4v) is 4.82. The Hall–Kier alpha value is -0.430. The summed E-state index contributed by atoms with van der Waals surface area (Å²) in [5.74, 6) is 0.835. The van der Waals surface area contributed by atoms with Crippen molar-refractivity contribution in [1.29, 1.82) is 0 Å². The number of benzene rings is 1. The summed E-state index contributed by atoms with van der Waals surface area (Å²) in [6, 6.07) is 7.72. The normalized spacial score (nSPS) is 23.9. The standard InChI is InChI=1S/C17H27BrN2O2S/c1-13(20(2)3)14-8-10-19-16(12-14)9-11-23(21,22)17-6-4-15(18)5-7-17/h4-7,13-14,16,19H,8-12H2,1-3H3. The minimum atomic E-state index is -3.20. The van der Waals surface area contributed by atoms with Crippen LogP contribution in [-0.4, -0.2) is 51.8 Å². The molecule has 0 saturated carbocycles. The smallest absolute Gasteiger partial charge is 0.178 e. The maximum atomic E-state index is 12.5. The van der Waals surface area contributed by atoms with E-state index in [0.29, 0.717) is 29.3 Å². The molecule has 3 unspecified atom stereocenters. The zero-order valence-electron chi connectivity index (χ0n) is 14.1. The average Bonchev–Trinajstić information content (AvgIpc) is 2.53. The van der Waals surface area contributed by atoms with Crippen molar-refractivity contribution in [2.24, 2.45) is 5.92 Å². The molecule has 1 N–H and O–H groups in total. The zero-order chi connectivity index (χ0) is 17.0. The van der Waals surface area contributed by atoms with Crippen LogP contribution in [0.25, 0.3) is 0 Å². The topological polar surface area (TPSA) is 49.4 Å². The molecule has 0 aromatic heterocycles. The third-order valence-corrected chi connectivity index (χ3v) is 7.23. The Bertz CT molecular complexity index is 602. The molecule has 0 radical (unpaired) electrons. The first kappa shape index (κ1) is 18.9. The molecule has 23 heavy (non-hydrogen) atoms. The molecule has 1 aliphatic heterocycles. The Morgan fingerprint density at radius 3 is 2.57 bits per heavy atom. The lowest BCUT2D eigenvalue weighted by Crippen LogP contribution is -2.45. The number of hydrogen-bond acceptors (Lipinski definition) is 4. The van der Waals surface area contributed by atoms with E-state index in [1.165, 1.54) is 0 Å². The molecule has 0 bridgehead atoms. The molecule has 130 valence electrons. The van der Waals surface area contributed by atoms with Crippen LogP contribution in [0, 0.1) is 5.92 Å². The quantitative estimate of drug-likeness (QED) is 0.794. The summed E-state index contributed by atoms with van der Waals surface area (Å²) in [4.78, 5) is 2.67. The van der Waals surface area contributed by atoms with Crippen molar-refractivity contribution in [3.05, 3.63) is 28.7 Å². The number of sulfone groups is 1. The van der Waals surface area contributed by atoms with E-state index in [-0.39, 0.29) is 5.75 Å². The molecule has 1 heterocycles. The molecule has 1 fully saturated rings. The van der Waals surface area contributed by atoms with Crippen molar-refractivity contribution in [3.63, 3.8) is 0 Å². The van der Waals surface area contributed by atoms with Gasteiger partial charge in [0, 0.05) is 16.6 Å². The van der Waals surface area contributed by atoms with Crippen LogP contribution in [0.5, 0.6) is 0 Å². The summed E-state index contributed by atoms with van der Waals surface area (Å²) in [5, 5.41) is 3.49. The van der Waals surface area contributed by atoms with E-state index < -0.39 is 9.84 Å². The van der Waals surface area contributed by atoms with Gasteiger partial charge in [-0.2, -0.15) is 0 Å². The largest absolute Gasteiger partial charge is 0.314 e. The second-order valence-corrected chi connectivity index (χ2v) is 9.73. The Labute approximate surface area is 148 Å². The lowest BCUT2D eigenvalue weighted by atomic mass is 9.86. The lowest BCUT2D eigenvalue weighted by Gasteiger charge is -2.36. The lowest BCUT2D eigenvalue weighted by molar-refractivity contribution is 0.168. The van der Waals surface area contributed by atoms with Crippen LogP contribution in [0.4, 0.5) is 0 Å². The molecule has 3 atom stereocenters. The van der Waals surface area contributed by atoms with Gasteiger partial charge in [0.05, 0.1) is 10.6 Å². The number of hydrogen-bond donors (Lipinski definition) is 1. The second kappa shape index (κ2) is 8.10. The maximum absolute atomic E-state index is 12.5. The van der Waals surface area contributed by atoms with E-state index in [0.717, 1.165) is 23.9 Å². The molecule has 4 nitrogen and oxygen atoms in total. The number of halogens is 1. The van der Waals surface area contributed by atoms with Gasteiger partial charge in [0.15, 0.2) is 9.84 Å². The Balaban J connectivity index is 1.93. The highest BCUT2D eigenvalue weighted by Crippen LogP contribution is 2.25. The number of nitrogens with one attached hydrogen (secondary N) is 1. The molecular weight excluding hydrogens is 376 g/mol. The number of piperidine rings is 1. The van der Waals surface area contributed by atoms with E-state index in [1.807, 2.05) is 0 Å². The first-order valence-corrected chi connectivity index (χ1v) is 10.6. The highest BCUT2D eigenvalue weighted by atomic mass is 79.9. The summed E-state index contributed by atoms with van der Waals surface area (Å²) in [6.07, 6.45) is 2.89. The summed E-state index contributed by atoms with van der Waals surface area (Å²) in [6.45, 7) is 3.23. The summed E-state index contributed by atoms with van der Waals surface area (Å²) in [7, 11) is 1.02. The molecule has 1 saturated heterocycles. The van der Waals surface area contributed by atoms with Gasteiger partial charge in [-0.15, -0.1) is 0 Å². The van der Waals surface area contributed by atoms with Gasteiger partial charge < -0.3 is 10.2 Å². The average molecular weight is 403 g/mol. The van der Waals surface area contributed by atoms with Gasteiger partial charge in [-0.05, 0) is 77.0 Å². The fourth-order valence-electron chi connectivity index (χ4n) is 3.18. The van der Waals surface area contributed by atoms with Crippen molar-refractivity contribution in [2.75, 3.05) is 26.4 Å². The van der Waals surface area contributed by atoms with Crippen molar-refractivity contribution in [3.8, 4) is 0 Å². The van der Waals surface area contributed by atoms with Gasteiger partial charge in [-0.3, -0.25) is 0 Å². The van der Waals surface area contributed by atoms with Gasteiger partial charge in [-0.1, -0.05) is 15.9 Å². The first-order chi connectivity index (χ1) is 10.8. The second-order valence-electron chi connectivity index (χ2n) is 6.70. The predicted molar refractivity (Wildman–Crippen MR) is 98.5 cm³/mol. The molecule has 2 rings (SSSR count). The minimum Gasteiger partial charge on any atom is -0.314 e. The molecule has 1 aromatic rings. The van der Waals surface area contributed by atoms with Crippen LogP contribution in [0.15, 0.2) is 33.6 Å². The van der Waals surface area contributed by atoms with Crippen LogP contribution in [0.1, 0.15) is 26.2 Å². The predicted octanol–water partition coefficient (Wildman–Crippen LogP) is 2.93. The highest BCUT2D eigenvalue weighted by molar-refractivity contribution is 9.10. The number of rotatable bonds is 6. The van der Waals surface area contributed by atoms with E-state index in [4.69, 9.17) is 0 Å². The Kier molecular flexibility index (Phi) is 6.66. The Morgan fingerprint density at radius 1 is 1.30 bits per heavy atom. The van der Waals surface area contributed by atoms with Crippen LogP contribution < -0.4 is 5.32 Å². The van der Waals surface area contributed by atoms with E-state index in [2.05, 4.69) is 47.2 Å². The SMILES string of the molecule is CC(C1CCNC(CCS(=O)(=O)c2ccc(Br)cc2)C1)N(C)C. The summed E-state index contributed by atoms with van der Waals surface area (Å²) in [5.41, 5.74) is 0. The van der Waals surface area contributed by atoms with Crippen molar-refractivity contribution < 1.29 is 8.42 Å². The summed E-state index contributed by atoms with van der Waals surface area (Å²) >= 11 is 3.34. The van der Waals surface area contributed by atoms with Gasteiger partial charge in [0.1, 0.15) is 0 Å². The van der Waals surface area contributed by atoms with Crippen LogP contribution in [-0.2, 0) is 9.84 Å². The van der Waals surface area contributed by atoms with Crippen molar-refractivity contribution in [1.82, 2.24) is 10.2 Å². The highest BCUT2D eigenvalue weighted by Gasteiger charge is 2.28. The van der Waals surface area contributed by atoms with Gasteiger partial charge in [0.25, 0.3) is 0 Å². The monoisotopic (exact) mass is 402 g/mol. The van der Waals surface area contributed by atoms with E-state index >= 15 is 0 Å². The van der Waals surface area contributed by atoms with Crippen LogP contribution in [0.2, 0.25) is 0 Å². The minimum absolute atomic E-state index is 0.204. The molecule has 1 aliphatic rings. The summed E-state index contributed by atoms with van der Waals surface area (Å²) < 4.78 is 25.8. The Morgan fingerprint density at radius 2 is 1.96 bits per heavy atom. The van der Waals surface area contributed by atoms with Crippen LogP contribution in [0.3, 0.4) is 0 Å². The van der Waals surface area contributed by atoms with Gasteiger partial charge in [0.2, 0.25) is 0 Å². The molecular formula is C17H27BrN2O2S. The molecule has 1 aromatic carbocycles. The first-order valence-electron chi connectivity index (χ1n) is 8.18. The number of nitrogens with zero attached hydrogens (tertiary/aromatic N) is 1. The van der Waals surface area contributed by atoms with Crippen LogP contribution >= 0.6 is 15.9 Å². The maximum Gasteiger partial charge on any atom is 0.178 e. The third-order valence-electron chi connectivity index (χ3n) is 4.94. The fraction of sp³-hybridized carbons (Fsp3) is 0.647.